The third-order valence-corrected chi connectivity index (χ3v) is 3.17. The molecule has 1 atom stereocenters. The second-order valence-corrected chi connectivity index (χ2v) is 5.97. The summed E-state index contributed by atoms with van der Waals surface area (Å²) in [6, 6.07) is -0.00308. The van der Waals surface area contributed by atoms with Gasteiger partial charge in [0.2, 0.25) is 0 Å². The number of likely N-dealkylation sites (tertiary alicyclic amines) is 1. The van der Waals surface area contributed by atoms with Crippen molar-refractivity contribution in [1.29, 1.82) is 0 Å². The maximum Gasteiger partial charge on any atom is 0.410 e. The predicted molar refractivity (Wildman–Crippen MR) is 74.8 cm³/mol. The lowest BCUT2D eigenvalue weighted by atomic mass is 10.1. The normalized spacial score (nSPS) is 19.2. The Morgan fingerprint density at radius 1 is 1.45 bits per heavy atom. The van der Waals surface area contributed by atoms with Crippen molar-refractivity contribution in [2.24, 2.45) is 5.73 Å². The van der Waals surface area contributed by atoms with Crippen molar-refractivity contribution in [1.82, 2.24) is 14.9 Å². The molecule has 1 unspecified atom stereocenters. The second-order valence-electron chi connectivity index (χ2n) is 5.97. The van der Waals surface area contributed by atoms with E-state index in [1.807, 2.05) is 20.8 Å². The summed E-state index contributed by atoms with van der Waals surface area (Å²) >= 11 is 0. The Bertz CT molecular complexity index is 467. The van der Waals surface area contributed by atoms with Crippen LogP contribution in [0.2, 0.25) is 0 Å². The molecule has 0 aliphatic carbocycles. The van der Waals surface area contributed by atoms with Crippen LogP contribution < -0.4 is 5.73 Å². The Morgan fingerprint density at radius 2 is 2.10 bits per heavy atom. The first-order chi connectivity index (χ1) is 9.40. The number of hydrogen-bond acceptors (Lipinski definition) is 5. The van der Waals surface area contributed by atoms with Gasteiger partial charge in [-0.15, -0.1) is 0 Å². The SMILES string of the molecule is CC(C)(C)OC(=O)N1CCCC1c1cnc(CN)nc1. The molecule has 1 aliphatic heterocycles. The molecule has 0 spiro atoms. The fourth-order valence-corrected chi connectivity index (χ4v) is 2.29. The van der Waals surface area contributed by atoms with Crippen LogP contribution in [-0.2, 0) is 11.3 Å². The van der Waals surface area contributed by atoms with Gasteiger partial charge in [-0.3, -0.25) is 0 Å². The van der Waals surface area contributed by atoms with Crippen LogP contribution in [-0.4, -0.2) is 33.1 Å². The zero-order valence-electron chi connectivity index (χ0n) is 12.3. The van der Waals surface area contributed by atoms with E-state index in [0.717, 1.165) is 18.4 Å². The molecular weight excluding hydrogens is 256 g/mol. The summed E-state index contributed by atoms with van der Waals surface area (Å²) in [7, 11) is 0. The minimum absolute atomic E-state index is 0.00308. The average molecular weight is 278 g/mol. The number of hydrogen-bond donors (Lipinski definition) is 1. The number of nitrogens with two attached hydrogens (primary N) is 1. The zero-order valence-corrected chi connectivity index (χ0v) is 12.3. The molecule has 0 saturated carbocycles. The van der Waals surface area contributed by atoms with Gasteiger partial charge in [0.1, 0.15) is 11.4 Å². The number of amides is 1. The van der Waals surface area contributed by atoms with Crippen molar-refractivity contribution in [2.75, 3.05) is 6.54 Å². The Balaban J connectivity index is 2.12. The average Bonchev–Trinajstić information content (AvgIpc) is 2.86. The minimum atomic E-state index is -0.482. The smallest absolute Gasteiger partial charge is 0.410 e. The number of carbonyl (C=O) groups excluding carboxylic acids is 1. The Kier molecular flexibility index (Phi) is 4.23. The van der Waals surface area contributed by atoms with E-state index in [-0.39, 0.29) is 12.1 Å². The van der Waals surface area contributed by atoms with Crippen LogP contribution in [0.1, 0.15) is 51.0 Å². The lowest BCUT2D eigenvalue weighted by molar-refractivity contribution is 0.0224. The standard InChI is InChI=1S/C14H22N4O2/c1-14(2,3)20-13(19)18-6-4-5-11(18)10-8-16-12(7-15)17-9-10/h8-9,11H,4-7,15H2,1-3H3. The van der Waals surface area contributed by atoms with Crippen molar-refractivity contribution < 1.29 is 9.53 Å². The Labute approximate surface area is 119 Å². The molecule has 20 heavy (non-hydrogen) atoms. The number of aromatic nitrogens is 2. The summed E-state index contributed by atoms with van der Waals surface area (Å²) in [5.41, 5.74) is 5.94. The van der Waals surface area contributed by atoms with Crippen molar-refractivity contribution in [3.63, 3.8) is 0 Å². The molecule has 2 N–H and O–H groups in total. The van der Waals surface area contributed by atoms with Gasteiger partial charge in [0.05, 0.1) is 12.6 Å². The van der Waals surface area contributed by atoms with Gasteiger partial charge in [-0.2, -0.15) is 0 Å². The predicted octanol–water partition coefficient (Wildman–Crippen LogP) is 2.01. The van der Waals surface area contributed by atoms with Gasteiger partial charge in [-0.1, -0.05) is 0 Å². The molecule has 1 saturated heterocycles. The van der Waals surface area contributed by atoms with E-state index >= 15 is 0 Å². The molecule has 1 aromatic rings. The highest BCUT2D eigenvalue weighted by Crippen LogP contribution is 2.32. The Hall–Kier alpha value is -1.69. The van der Waals surface area contributed by atoms with Gasteiger partial charge in [0.25, 0.3) is 0 Å². The summed E-state index contributed by atoms with van der Waals surface area (Å²) < 4.78 is 5.44. The molecule has 1 aliphatic rings. The van der Waals surface area contributed by atoms with E-state index in [0.29, 0.717) is 18.9 Å². The van der Waals surface area contributed by atoms with Crippen molar-refractivity contribution in [3.05, 3.63) is 23.8 Å². The van der Waals surface area contributed by atoms with Crippen LogP contribution in [0.25, 0.3) is 0 Å². The molecule has 2 rings (SSSR count). The van der Waals surface area contributed by atoms with Gasteiger partial charge in [-0.05, 0) is 33.6 Å². The van der Waals surface area contributed by atoms with E-state index < -0.39 is 5.60 Å². The largest absolute Gasteiger partial charge is 0.444 e. The number of ether oxygens (including phenoxy) is 1. The number of rotatable bonds is 2. The van der Waals surface area contributed by atoms with Crippen LogP contribution >= 0.6 is 0 Å². The first-order valence-corrected chi connectivity index (χ1v) is 6.91. The van der Waals surface area contributed by atoms with Crippen LogP contribution in [0.4, 0.5) is 4.79 Å². The maximum atomic E-state index is 12.2. The lowest BCUT2D eigenvalue weighted by Crippen LogP contribution is -2.36. The fourth-order valence-electron chi connectivity index (χ4n) is 2.29. The second kappa shape index (κ2) is 5.75. The first kappa shape index (κ1) is 14.7. The minimum Gasteiger partial charge on any atom is -0.444 e. The van der Waals surface area contributed by atoms with Gasteiger partial charge >= 0.3 is 6.09 Å². The molecule has 2 heterocycles. The molecule has 110 valence electrons. The van der Waals surface area contributed by atoms with Gasteiger partial charge in [-0.25, -0.2) is 14.8 Å². The molecule has 6 nitrogen and oxygen atoms in total. The third kappa shape index (κ3) is 3.45. The van der Waals surface area contributed by atoms with Crippen LogP contribution in [0.5, 0.6) is 0 Å². The summed E-state index contributed by atoms with van der Waals surface area (Å²) in [6.45, 7) is 6.64. The molecule has 1 aromatic heterocycles. The summed E-state index contributed by atoms with van der Waals surface area (Å²) in [6.07, 6.45) is 5.10. The molecule has 6 heteroatoms. The molecular formula is C14H22N4O2. The third-order valence-electron chi connectivity index (χ3n) is 3.17. The zero-order chi connectivity index (χ0) is 14.8. The number of nitrogens with zero attached hydrogens (tertiary/aromatic N) is 3. The highest BCUT2D eigenvalue weighted by atomic mass is 16.6. The molecule has 1 amide bonds. The molecule has 0 radical (unpaired) electrons. The van der Waals surface area contributed by atoms with Gasteiger partial charge in [0, 0.05) is 24.5 Å². The highest BCUT2D eigenvalue weighted by molar-refractivity contribution is 5.69. The van der Waals surface area contributed by atoms with Crippen LogP contribution in [0, 0.1) is 0 Å². The van der Waals surface area contributed by atoms with E-state index in [2.05, 4.69) is 9.97 Å². The van der Waals surface area contributed by atoms with Crippen LogP contribution in [0.15, 0.2) is 12.4 Å². The van der Waals surface area contributed by atoms with Crippen molar-refractivity contribution in [3.8, 4) is 0 Å². The maximum absolute atomic E-state index is 12.2. The summed E-state index contributed by atoms with van der Waals surface area (Å²) in [4.78, 5) is 22.4. The van der Waals surface area contributed by atoms with Crippen LogP contribution in [0.3, 0.4) is 0 Å². The first-order valence-electron chi connectivity index (χ1n) is 6.91. The molecule has 0 aromatic carbocycles. The quantitative estimate of drug-likeness (QED) is 0.895. The van der Waals surface area contributed by atoms with E-state index in [1.165, 1.54) is 0 Å². The van der Waals surface area contributed by atoms with Crippen molar-refractivity contribution in [2.45, 2.75) is 51.8 Å². The molecule has 1 fully saturated rings. The summed E-state index contributed by atoms with van der Waals surface area (Å²) in [5, 5.41) is 0. The monoisotopic (exact) mass is 278 g/mol. The fraction of sp³-hybridized carbons (Fsp3) is 0.643. The summed E-state index contributed by atoms with van der Waals surface area (Å²) in [5.74, 6) is 0.607. The van der Waals surface area contributed by atoms with Gasteiger partial charge < -0.3 is 15.4 Å². The topological polar surface area (TPSA) is 81.3 Å². The van der Waals surface area contributed by atoms with Crippen molar-refractivity contribution >= 4 is 6.09 Å². The van der Waals surface area contributed by atoms with E-state index in [1.54, 1.807) is 17.3 Å². The highest BCUT2D eigenvalue weighted by Gasteiger charge is 2.33. The van der Waals surface area contributed by atoms with Gasteiger partial charge in [0.15, 0.2) is 0 Å². The molecule has 0 bridgehead atoms. The Morgan fingerprint density at radius 3 is 2.65 bits per heavy atom. The lowest BCUT2D eigenvalue weighted by Gasteiger charge is -2.28. The van der Waals surface area contributed by atoms with E-state index in [9.17, 15) is 4.79 Å². The number of carbonyl (C=O) groups is 1. The van der Waals surface area contributed by atoms with E-state index in [4.69, 9.17) is 10.5 Å².